The molecule has 1 spiro atoms. The van der Waals surface area contributed by atoms with Crippen LogP contribution in [-0.2, 0) is 0 Å². The minimum absolute atomic E-state index is 0.220. The van der Waals surface area contributed by atoms with Crippen LogP contribution in [-0.4, -0.2) is 29.7 Å². The molecule has 2 nitrogen and oxygen atoms in total. The molecule has 0 radical (unpaired) electrons. The minimum atomic E-state index is 0.220. The van der Waals surface area contributed by atoms with E-state index < -0.39 is 0 Å². The van der Waals surface area contributed by atoms with Gasteiger partial charge in [-0.25, -0.2) is 0 Å². The van der Waals surface area contributed by atoms with E-state index in [9.17, 15) is 5.11 Å². The third-order valence-electron chi connectivity index (χ3n) is 3.83. The highest BCUT2D eigenvalue weighted by Crippen LogP contribution is 2.54. The van der Waals surface area contributed by atoms with Crippen molar-refractivity contribution in [2.75, 3.05) is 19.7 Å². The smallest absolute Gasteiger partial charge is 0.0628 e. The standard InChI is InChI=1S/C13H17NO/c15-8-12(11-4-2-1-3-5-11)14-9-13(10-14)6-7-13/h1-5,12,15H,6-10H2/t12-/m0/s1. The monoisotopic (exact) mass is 203 g/mol. The van der Waals surface area contributed by atoms with Crippen molar-refractivity contribution in [2.24, 2.45) is 5.41 Å². The lowest BCUT2D eigenvalue weighted by Gasteiger charge is -2.44. The van der Waals surface area contributed by atoms with Crippen molar-refractivity contribution in [2.45, 2.75) is 18.9 Å². The second-order valence-corrected chi connectivity index (χ2v) is 5.01. The van der Waals surface area contributed by atoms with E-state index in [2.05, 4.69) is 17.0 Å². The van der Waals surface area contributed by atoms with Crippen LogP contribution in [0, 0.1) is 5.41 Å². The van der Waals surface area contributed by atoms with Crippen LogP contribution in [0.4, 0.5) is 0 Å². The zero-order valence-corrected chi connectivity index (χ0v) is 8.89. The zero-order chi connectivity index (χ0) is 10.3. The number of hydrogen-bond donors (Lipinski definition) is 1. The molecule has 0 amide bonds. The van der Waals surface area contributed by atoms with Crippen molar-refractivity contribution in [3.8, 4) is 0 Å². The van der Waals surface area contributed by atoms with Crippen LogP contribution in [0.2, 0.25) is 0 Å². The minimum Gasteiger partial charge on any atom is -0.394 e. The van der Waals surface area contributed by atoms with Gasteiger partial charge in [-0.3, -0.25) is 4.90 Å². The Hall–Kier alpha value is -0.860. The number of nitrogens with zero attached hydrogens (tertiary/aromatic N) is 1. The number of rotatable bonds is 3. The maximum atomic E-state index is 9.46. The van der Waals surface area contributed by atoms with Crippen LogP contribution >= 0.6 is 0 Å². The maximum absolute atomic E-state index is 9.46. The molecule has 0 unspecified atom stereocenters. The van der Waals surface area contributed by atoms with Gasteiger partial charge in [0.1, 0.15) is 0 Å². The predicted octanol–water partition coefficient (Wildman–Crippen LogP) is 1.82. The first kappa shape index (κ1) is 9.37. The van der Waals surface area contributed by atoms with E-state index in [1.165, 1.54) is 31.5 Å². The Morgan fingerprint density at radius 3 is 2.40 bits per heavy atom. The molecule has 0 bridgehead atoms. The third kappa shape index (κ3) is 1.58. The summed E-state index contributed by atoms with van der Waals surface area (Å²) in [6.07, 6.45) is 2.80. The summed E-state index contributed by atoms with van der Waals surface area (Å²) in [4.78, 5) is 2.41. The summed E-state index contributed by atoms with van der Waals surface area (Å²) in [5, 5.41) is 9.46. The Kier molecular flexibility index (Phi) is 2.08. The maximum Gasteiger partial charge on any atom is 0.0628 e. The molecule has 1 saturated carbocycles. The molecule has 1 atom stereocenters. The molecule has 80 valence electrons. The van der Waals surface area contributed by atoms with Gasteiger partial charge in [0.2, 0.25) is 0 Å². The van der Waals surface area contributed by atoms with Gasteiger partial charge in [-0.15, -0.1) is 0 Å². The summed E-state index contributed by atoms with van der Waals surface area (Å²) in [7, 11) is 0. The molecule has 1 aliphatic carbocycles. The summed E-state index contributed by atoms with van der Waals surface area (Å²) in [6, 6.07) is 10.6. The molecule has 3 rings (SSSR count). The summed E-state index contributed by atoms with van der Waals surface area (Å²) in [6.45, 7) is 2.61. The first-order valence-corrected chi connectivity index (χ1v) is 5.73. The van der Waals surface area contributed by atoms with Crippen LogP contribution in [0.3, 0.4) is 0 Å². The first-order valence-electron chi connectivity index (χ1n) is 5.73. The molecule has 1 aromatic rings. The van der Waals surface area contributed by atoms with Gasteiger partial charge in [-0.2, -0.15) is 0 Å². The van der Waals surface area contributed by atoms with E-state index in [1.54, 1.807) is 0 Å². The number of likely N-dealkylation sites (tertiary alicyclic amines) is 1. The molecule has 1 aliphatic heterocycles. The number of hydrogen-bond acceptors (Lipinski definition) is 2. The Morgan fingerprint density at radius 1 is 1.20 bits per heavy atom. The highest BCUT2D eigenvalue weighted by atomic mass is 16.3. The van der Waals surface area contributed by atoms with Gasteiger partial charge >= 0.3 is 0 Å². The van der Waals surface area contributed by atoms with Gasteiger partial charge in [-0.1, -0.05) is 30.3 Å². The van der Waals surface area contributed by atoms with Crippen molar-refractivity contribution in [3.63, 3.8) is 0 Å². The van der Waals surface area contributed by atoms with Gasteiger partial charge in [0.15, 0.2) is 0 Å². The molecular weight excluding hydrogens is 186 g/mol. The van der Waals surface area contributed by atoms with Crippen molar-refractivity contribution >= 4 is 0 Å². The summed E-state index contributed by atoms with van der Waals surface area (Å²) in [5.41, 5.74) is 1.91. The summed E-state index contributed by atoms with van der Waals surface area (Å²) < 4.78 is 0. The lowest BCUT2D eigenvalue weighted by molar-refractivity contribution is 0.00977. The van der Waals surface area contributed by atoms with Crippen molar-refractivity contribution in [3.05, 3.63) is 35.9 Å². The second kappa shape index (κ2) is 3.32. The molecule has 2 aliphatic rings. The van der Waals surface area contributed by atoms with E-state index in [0.717, 1.165) is 0 Å². The Bertz CT molecular complexity index is 337. The molecule has 2 fully saturated rings. The fourth-order valence-corrected chi connectivity index (χ4v) is 2.64. The predicted molar refractivity (Wildman–Crippen MR) is 59.5 cm³/mol. The Labute approximate surface area is 90.5 Å². The molecule has 0 aromatic heterocycles. The third-order valence-corrected chi connectivity index (χ3v) is 3.83. The van der Waals surface area contributed by atoms with Gasteiger partial charge < -0.3 is 5.11 Å². The average Bonchev–Trinajstić information content (AvgIpc) is 3.00. The largest absolute Gasteiger partial charge is 0.394 e. The Morgan fingerprint density at radius 2 is 1.87 bits per heavy atom. The molecule has 15 heavy (non-hydrogen) atoms. The number of benzene rings is 1. The summed E-state index contributed by atoms with van der Waals surface area (Å²) >= 11 is 0. The lowest BCUT2D eigenvalue weighted by Crippen LogP contribution is -2.50. The molecule has 1 aromatic carbocycles. The molecule has 2 heteroatoms. The molecule has 1 N–H and O–H groups in total. The fraction of sp³-hybridized carbons (Fsp3) is 0.538. The van der Waals surface area contributed by atoms with E-state index in [4.69, 9.17) is 0 Å². The second-order valence-electron chi connectivity index (χ2n) is 5.01. The van der Waals surface area contributed by atoms with Crippen molar-refractivity contribution in [1.29, 1.82) is 0 Å². The zero-order valence-electron chi connectivity index (χ0n) is 8.89. The van der Waals surface area contributed by atoms with Gasteiger partial charge in [0.25, 0.3) is 0 Å². The highest BCUT2D eigenvalue weighted by molar-refractivity contribution is 5.21. The molecule has 1 heterocycles. The van der Waals surface area contributed by atoms with E-state index in [1.807, 2.05) is 18.2 Å². The topological polar surface area (TPSA) is 23.5 Å². The van der Waals surface area contributed by atoms with Gasteiger partial charge in [0.05, 0.1) is 12.6 Å². The normalized spacial score (nSPS) is 24.9. The van der Waals surface area contributed by atoms with E-state index in [0.29, 0.717) is 5.41 Å². The first-order chi connectivity index (χ1) is 7.33. The van der Waals surface area contributed by atoms with Crippen LogP contribution in [0.25, 0.3) is 0 Å². The van der Waals surface area contributed by atoms with E-state index >= 15 is 0 Å². The number of aliphatic hydroxyl groups excluding tert-OH is 1. The van der Waals surface area contributed by atoms with Gasteiger partial charge in [0, 0.05) is 13.1 Å². The van der Waals surface area contributed by atoms with Crippen LogP contribution in [0.5, 0.6) is 0 Å². The molecular formula is C13H17NO. The SMILES string of the molecule is OC[C@@H](c1ccccc1)N1CC2(CC2)C1. The quantitative estimate of drug-likeness (QED) is 0.810. The fourth-order valence-electron chi connectivity index (χ4n) is 2.64. The molecule has 1 saturated heterocycles. The number of aliphatic hydroxyl groups is 1. The van der Waals surface area contributed by atoms with Crippen LogP contribution in [0.15, 0.2) is 30.3 Å². The highest BCUT2D eigenvalue weighted by Gasteiger charge is 2.53. The Balaban J connectivity index is 1.72. The summed E-state index contributed by atoms with van der Waals surface area (Å²) in [5.74, 6) is 0. The van der Waals surface area contributed by atoms with Crippen LogP contribution in [0.1, 0.15) is 24.4 Å². The van der Waals surface area contributed by atoms with Gasteiger partial charge in [-0.05, 0) is 23.8 Å². The van der Waals surface area contributed by atoms with Crippen molar-refractivity contribution in [1.82, 2.24) is 4.90 Å². The average molecular weight is 203 g/mol. The lowest BCUT2D eigenvalue weighted by atomic mass is 9.92. The van der Waals surface area contributed by atoms with Crippen LogP contribution < -0.4 is 0 Å². The van der Waals surface area contributed by atoms with Crippen molar-refractivity contribution < 1.29 is 5.11 Å². The van der Waals surface area contributed by atoms with E-state index in [-0.39, 0.29) is 12.6 Å².